The van der Waals surface area contributed by atoms with Gasteiger partial charge in [-0.05, 0) is 13.2 Å². The van der Waals surface area contributed by atoms with Crippen LogP contribution in [0.4, 0.5) is 0 Å². The van der Waals surface area contributed by atoms with Crippen molar-refractivity contribution in [1.29, 1.82) is 0 Å². The van der Waals surface area contributed by atoms with Gasteiger partial charge in [-0.1, -0.05) is 0 Å². The van der Waals surface area contributed by atoms with Gasteiger partial charge in [-0.3, -0.25) is 4.79 Å². The van der Waals surface area contributed by atoms with Crippen LogP contribution in [0.5, 0.6) is 0 Å². The number of carboxylic acid groups (broad SMARTS) is 1. The fraction of sp³-hybridized carbons (Fsp3) is 0.800. The van der Waals surface area contributed by atoms with Crippen LogP contribution in [-0.4, -0.2) is 27.8 Å². The lowest BCUT2D eigenvalue weighted by molar-refractivity contribution is -0.138. The number of carbonyl (C=O) groups is 1. The average molecular weight is 166 g/mol. The molecule has 0 amide bonds. The van der Waals surface area contributed by atoms with E-state index in [1.54, 1.807) is 13.2 Å². The molecule has 0 spiro atoms. The summed E-state index contributed by atoms with van der Waals surface area (Å²) in [4.78, 5) is 10.4. The molecule has 0 bridgehead atoms. The molecule has 4 heteroatoms. The highest BCUT2D eigenvalue weighted by Gasteiger charge is 2.29. The summed E-state index contributed by atoms with van der Waals surface area (Å²) in [7, 11) is 0. The molecule has 0 aliphatic carbocycles. The molecule has 2 nitrogen and oxygen atoms in total. The monoisotopic (exact) mass is 166 g/mol. The van der Waals surface area contributed by atoms with E-state index in [2.05, 4.69) is 12.6 Å². The Balaban J connectivity index is 4.09. The highest BCUT2D eigenvalue weighted by Crippen LogP contribution is 2.23. The normalized spacial score (nSPS) is 16.8. The molecule has 0 aromatic heterocycles. The molecule has 1 atom stereocenters. The van der Waals surface area contributed by atoms with Gasteiger partial charge in [0.1, 0.15) is 4.75 Å². The van der Waals surface area contributed by atoms with E-state index < -0.39 is 10.7 Å². The predicted octanol–water partition coefficient (Wildman–Crippen LogP) is 1.12. The van der Waals surface area contributed by atoms with E-state index in [9.17, 15) is 4.79 Å². The third-order valence-corrected chi connectivity index (χ3v) is 3.27. The van der Waals surface area contributed by atoms with Crippen LogP contribution in [-0.2, 0) is 4.79 Å². The number of rotatable bonds is 3. The van der Waals surface area contributed by atoms with E-state index in [-0.39, 0.29) is 0 Å². The van der Waals surface area contributed by atoms with E-state index in [1.807, 2.05) is 0 Å². The summed E-state index contributed by atoms with van der Waals surface area (Å²) in [6, 6.07) is 0. The maximum absolute atomic E-state index is 10.4. The van der Waals surface area contributed by atoms with Crippen LogP contribution >= 0.6 is 24.4 Å². The number of thiol groups is 1. The Labute approximate surface area is 64.4 Å². The van der Waals surface area contributed by atoms with Crippen molar-refractivity contribution < 1.29 is 9.90 Å². The Bertz CT molecular complexity index is 110. The minimum absolute atomic E-state index is 0.365. The Morgan fingerprint density at radius 1 is 1.89 bits per heavy atom. The Morgan fingerprint density at radius 3 is 2.33 bits per heavy atom. The SMILES string of the molecule is CSC(C)(CS)C(=O)O. The second-order valence-corrected chi connectivity index (χ2v) is 3.52. The van der Waals surface area contributed by atoms with E-state index in [0.717, 1.165) is 0 Å². The van der Waals surface area contributed by atoms with E-state index in [4.69, 9.17) is 5.11 Å². The van der Waals surface area contributed by atoms with Crippen LogP contribution in [0.2, 0.25) is 0 Å². The van der Waals surface area contributed by atoms with E-state index in [0.29, 0.717) is 5.75 Å². The van der Waals surface area contributed by atoms with Crippen LogP contribution in [0.1, 0.15) is 6.92 Å². The Morgan fingerprint density at radius 2 is 2.33 bits per heavy atom. The zero-order valence-corrected chi connectivity index (χ0v) is 7.13. The molecule has 0 aliphatic heterocycles. The third-order valence-electron chi connectivity index (χ3n) is 1.20. The summed E-state index contributed by atoms with van der Waals surface area (Å²) < 4.78 is -0.719. The van der Waals surface area contributed by atoms with E-state index in [1.165, 1.54) is 11.8 Å². The maximum Gasteiger partial charge on any atom is 0.320 e. The van der Waals surface area contributed by atoms with Gasteiger partial charge in [0, 0.05) is 5.75 Å². The van der Waals surface area contributed by atoms with Crippen LogP contribution in [0.15, 0.2) is 0 Å². The summed E-state index contributed by atoms with van der Waals surface area (Å²) in [5.74, 6) is -0.436. The van der Waals surface area contributed by atoms with Gasteiger partial charge in [0.2, 0.25) is 0 Å². The number of hydrogen-bond acceptors (Lipinski definition) is 3. The topological polar surface area (TPSA) is 37.3 Å². The van der Waals surface area contributed by atoms with Crippen molar-refractivity contribution in [3.8, 4) is 0 Å². The smallest absolute Gasteiger partial charge is 0.320 e. The summed E-state index contributed by atoms with van der Waals surface area (Å²) in [5.41, 5.74) is 0. The molecule has 0 radical (unpaired) electrons. The van der Waals surface area contributed by atoms with Crippen molar-refractivity contribution in [2.45, 2.75) is 11.7 Å². The highest BCUT2D eigenvalue weighted by molar-refractivity contribution is 8.01. The fourth-order valence-corrected chi connectivity index (χ4v) is 1.05. The first-order valence-corrected chi connectivity index (χ1v) is 4.32. The molecule has 54 valence electrons. The molecule has 1 unspecified atom stereocenters. The molecule has 0 saturated carbocycles. The molecule has 0 heterocycles. The van der Waals surface area contributed by atoms with Gasteiger partial charge in [-0.25, -0.2) is 0 Å². The second-order valence-electron chi connectivity index (χ2n) is 1.90. The fourth-order valence-electron chi connectivity index (χ4n) is 0.219. The van der Waals surface area contributed by atoms with Crippen molar-refractivity contribution in [3.63, 3.8) is 0 Å². The quantitative estimate of drug-likeness (QED) is 0.617. The van der Waals surface area contributed by atoms with Gasteiger partial charge >= 0.3 is 5.97 Å². The molecular formula is C5H10O2S2. The summed E-state index contributed by atoms with van der Waals surface area (Å²) in [6.07, 6.45) is 1.77. The molecule has 9 heavy (non-hydrogen) atoms. The minimum atomic E-state index is -0.801. The molecule has 0 aliphatic rings. The van der Waals surface area contributed by atoms with Crippen LogP contribution in [0.3, 0.4) is 0 Å². The lowest BCUT2D eigenvalue weighted by Gasteiger charge is -2.18. The maximum atomic E-state index is 10.4. The third kappa shape index (κ3) is 2.10. The Kier molecular flexibility index (Phi) is 3.43. The van der Waals surface area contributed by atoms with Gasteiger partial charge in [0.15, 0.2) is 0 Å². The van der Waals surface area contributed by atoms with Gasteiger partial charge < -0.3 is 5.11 Å². The summed E-state index contributed by atoms with van der Waals surface area (Å²) in [5, 5.41) is 8.56. The predicted molar refractivity (Wildman–Crippen MR) is 43.4 cm³/mol. The number of aliphatic carboxylic acids is 1. The molecule has 0 aromatic carbocycles. The van der Waals surface area contributed by atoms with Crippen molar-refractivity contribution >= 4 is 30.4 Å². The zero-order valence-electron chi connectivity index (χ0n) is 5.42. The average Bonchev–Trinajstić information content (AvgIpc) is 1.86. The Hall–Kier alpha value is 0.170. The van der Waals surface area contributed by atoms with Gasteiger partial charge in [0.25, 0.3) is 0 Å². The van der Waals surface area contributed by atoms with Crippen molar-refractivity contribution in [1.82, 2.24) is 0 Å². The second kappa shape index (κ2) is 3.37. The van der Waals surface area contributed by atoms with Crippen LogP contribution in [0, 0.1) is 0 Å². The van der Waals surface area contributed by atoms with Crippen molar-refractivity contribution in [3.05, 3.63) is 0 Å². The standard InChI is InChI=1S/C5H10O2S2/c1-5(3-8,9-2)4(6)7/h8H,3H2,1-2H3,(H,6,7). The van der Waals surface area contributed by atoms with Gasteiger partial charge in [0.05, 0.1) is 0 Å². The lowest BCUT2D eigenvalue weighted by Crippen LogP contribution is -2.32. The number of hydrogen-bond donors (Lipinski definition) is 2. The zero-order chi connectivity index (χ0) is 7.49. The number of thioether (sulfide) groups is 1. The van der Waals surface area contributed by atoms with Gasteiger partial charge in [-0.2, -0.15) is 12.6 Å². The molecule has 0 rings (SSSR count). The largest absolute Gasteiger partial charge is 0.480 e. The minimum Gasteiger partial charge on any atom is -0.480 e. The first-order valence-electron chi connectivity index (χ1n) is 2.46. The molecule has 0 saturated heterocycles. The first kappa shape index (κ1) is 9.17. The van der Waals surface area contributed by atoms with Crippen molar-refractivity contribution in [2.24, 2.45) is 0 Å². The highest BCUT2D eigenvalue weighted by atomic mass is 32.2. The molecule has 0 aromatic rings. The molecular weight excluding hydrogens is 156 g/mol. The number of carboxylic acids is 1. The molecule has 1 N–H and O–H groups in total. The van der Waals surface area contributed by atoms with Crippen LogP contribution in [0.25, 0.3) is 0 Å². The lowest BCUT2D eigenvalue weighted by atomic mass is 10.2. The first-order chi connectivity index (χ1) is 4.06. The van der Waals surface area contributed by atoms with E-state index >= 15 is 0 Å². The summed E-state index contributed by atoms with van der Waals surface area (Å²) in [6.45, 7) is 1.66. The summed E-state index contributed by atoms with van der Waals surface area (Å²) >= 11 is 5.22. The molecule has 0 fully saturated rings. The van der Waals surface area contributed by atoms with Gasteiger partial charge in [-0.15, -0.1) is 11.8 Å². The van der Waals surface area contributed by atoms with Crippen molar-refractivity contribution in [2.75, 3.05) is 12.0 Å². The van der Waals surface area contributed by atoms with Crippen LogP contribution < -0.4 is 0 Å².